The van der Waals surface area contributed by atoms with Crippen molar-refractivity contribution in [2.24, 2.45) is 16.8 Å². The smallest absolute Gasteiger partial charge is 0.310 e. The summed E-state index contributed by atoms with van der Waals surface area (Å²) < 4.78 is 4.90. The molecule has 5 heteroatoms. The van der Waals surface area contributed by atoms with Crippen LogP contribution in [0.15, 0.2) is 29.3 Å². The average Bonchev–Trinajstić information content (AvgIpc) is 2.96. The normalized spacial score (nSPS) is 21.4. The minimum absolute atomic E-state index is 0.0820. The zero-order valence-corrected chi connectivity index (χ0v) is 14.5. The van der Waals surface area contributed by atoms with Crippen LogP contribution in [0.1, 0.15) is 25.0 Å². The van der Waals surface area contributed by atoms with Crippen LogP contribution in [-0.2, 0) is 22.5 Å². The predicted octanol–water partition coefficient (Wildman–Crippen LogP) is 2.07. The van der Waals surface area contributed by atoms with Gasteiger partial charge in [-0.05, 0) is 23.5 Å². The molecule has 23 heavy (non-hydrogen) atoms. The van der Waals surface area contributed by atoms with Crippen molar-refractivity contribution in [1.29, 1.82) is 0 Å². The molecule has 0 amide bonds. The van der Waals surface area contributed by atoms with Crippen LogP contribution in [0.5, 0.6) is 0 Å². The minimum atomic E-state index is -0.133. The van der Waals surface area contributed by atoms with Crippen molar-refractivity contribution in [3.05, 3.63) is 35.4 Å². The van der Waals surface area contributed by atoms with Gasteiger partial charge in [0.1, 0.15) is 0 Å². The molecule has 0 aliphatic carbocycles. The summed E-state index contributed by atoms with van der Waals surface area (Å²) in [6, 6.07) is 8.43. The third kappa shape index (κ3) is 4.03. The molecule has 1 aromatic carbocycles. The first-order valence-electron chi connectivity index (χ1n) is 8.20. The fraction of sp³-hybridized carbons (Fsp3) is 0.556. The van der Waals surface area contributed by atoms with E-state index in [9.17, 15) is 4.79 Å². The first kappa shape index (κ1) is 17.3. The van der Waals surface area contributed by atoms with Gasteiger partial charge in [0, 0.05) is 26.7 Å². The quantitative estimate of drug-likeness (QED) is 0.525. The van der Waals surface area contributed by atoms with Crippen LogP contribution in [0.2, 0.25) is 0 Å². The Labute approximate surface area is 138 Å². The van der Waals surface area contributed by atoms with Crippen molar-refractivity contribution in [3.63, 3.8) is 0 Å². The molecule has 1 saturated heterocycles. The third-order valence-electron chi connectivity index (χ3n) is 4.56. The van der Waals surface area contributed by atoms with Crippen LogP contribution in [-0.4, -0.2) is 44.1 Å². The number of hydrogen-bond acceptors (Lipinski definition) is 3. The largest absolute Gasteiger partial charge is 0.469 e. The Hall–Kier alpha value is -2.04. The number of carbonyl (C=O) groups excluding carboxylic acids is 1. The maximum absolute atomic E-state index is 11.8. The van der Waals surface area contributed by atoms with Crippen LogP contribution in [0.4, 0.5) is 0 Å². The van der Waals surface area contributed by atoms with Crippen molar-refractivity contribution < 1.29 is 9.53 Å². The van der Waals surface area contributed by atoms with E-state index < -0.39 is 0 Å². The fourth-order valence-electron chi connectivity index (χ4n) is 3.18. The van der Waals surface area contributed by atoms with Gasteiger partial charge in [0.15, 0.2) is 5.96 Å². The first-order chi connectivity index (χ1) is 11.1. The van der Waals surface area contributed by atoms with Gasteiger partial charge in [0.05, 0.1) is 13.0 Å². The molecule has 126 valence electrons. The lowest BCUT2D eigenvalue weighted by Crippen LogP contribution is -2.40. The summed E-state index contributed by atoms with van der Waals surface area (Å²) in [7, 11) is 3.23. The number of esters is 1. The number of methoxy groups -OCH3 is 1. The number of aryl methyl sites for hydroxylation is 1. The molecule has 2 atom stereocenters. The number of rotatable bonds is 4. The fourth-order valence-corrected chi connectivity index (χ4v) is 3.18. The van der Waals surface area contributed by atoms with Crippen LogP contribution in [0, 0.1) is 11.8 Å². The van der Waals surface area contributed by atoms with Crippen molar-refractivity contribution in [2.75, 3.05) is 27.2 Å². The zero-order valence-electron chi connectivity index (χ0n) is 14.5. The van der Waals surface area contributed by atoms with Crippen molar-refractivity contribution >= 4 is 11.9 Å². The minimum Gasteiger partial charge on any atom is -0.469 e. The second kappa shape index (κ2) is 7.99. The Morgan fingerprint density at radius 1 is 1.35 bits per heavy atom. The van der Waals surface area contributed by atoms with Gasteiger partial charge < -0.3 is 15.0 Å². The van der Waals surface area contributed by atoms with E-state index in [1.807, 2.05) is 0 Å². The van der Waals surface area contributed by atoms with E-state index in [1.54, 1.807) is 7.05 Å². The predicted molar refractivity (Wildman–Crippen MR) is 92.3 cm³/mol. The van der Waals surface area contributed by atoms with Crippen LogP contribution in [0.3, 0.4) is 0 Å². The third-order valence-corrected chi connectivity index (χ3v) is 4.56. The molecule has 5 nitrogen and oxygen atoms in total. The van der Waals surface area contributed by atoms with Gasteiger partial charge in [-0.1, -0.05) is 38.1 Å². The number of guanidine groups is 1. The maximum atomic E-state index is 11.8. The first-order valence-corrected chi connectivity index (χ1v) is 8.20. The lowest BCUT2D eigenvalue weighted by molar-refractivity contribution is -0.145. The topological polar surface area (TPSA) is 53.9 Å². The molecular formula is C18H27N3O2. The van der Waals surface area contributed by atoms with E-state index in [2.05, 4.69) is 53.3 Å². The van der Waals surface area contributed by atoms with Gasteiger partial charge >= 0.3 is 5.97 Å². The highest BCUT2D eigenvalue weighted by Gasteiger charge is 2.36. The van der Waals surface area contributed by atoms with E-state index in [-0.39, 0.29) is 17.8 Å². The molecule has 1 N–H and O–H groups in total. The van der Waals surface area contributed by atoms with E-state index in [4.69, 9.17) is 4.74 Å². The molecule has 0 spiro atoms. The SMILES string of the molecule is CCc1ccccc1CNC(=NC)N1CC(C)C(C(=O)OC)C1. The summed E-state index contributed by atoms with van der Waals surface area (Å²) in [6.45, 7) is 6.46. The van der Waals surface area contributed by atoms with E-state index in [1.165, 1.54) is 18.2 Å². The van der Waals surface area contributed by atoms with Crippen LogP contribution < -0.4 is 5.32 Å². The van der Waals surface area contributed by atoms with Gasteiger partial charge in [0.25, 0.3) is 0 Å². The van der Waals surface area contributed by atoms with Gasteiger partial charge in [0.2, 0.25) is 0 Å². The summed E-state index contributed by atoms with van der Waals surface area (Å²) in [5.41, 5.74) is 2.63. The highest BCUT2D eigenvalue weighted by Crippen LogP contribution is 2.24. The Kier molecular flexibility index (Phi) is 6.02. The van der Waals surface area contributed by atoms with Crippen molar-refractivity contribution in [1.82, 2.24) is 10.2 Å². The number of ether oxygens (including phenoxy) is 1. The van der Waals surface area contributed by atoms with Crippen molar-refractivity contribution in [2.45, 2.75) is 26.8 Å². The maximum Gasteiger partial charge on any atom is 0.310 e. The summed E-state index contributed by atoms with van der Waals surface area (Å²) in [4.78, 5) is 18.3. The zero-order chi connectivity index (χ0) is 16.8. The van der Waals surface area contributed by atoms with Crippen LogP contribution in [0.25, 0.3) is 0 Å². The highest BCUT2D eigenvalue weighted by atomic mass is 16.5. The molecule has 0 saturated carbocycles. The Morgan fingerprint density at radius 2 is 2.04 bits per heavy atom. The highest BCUT2D eigenvalue weighted by molar-refractivity contribution is 5.82. The number of nitrogens with one attached hydrogen (secondary N) is 1. The van der Waals surface area contributed by atoms with E-state index in [0.717, 1.165) is 25.5 Å². The Bertz CT molecular complexity index is 571. The standard InChI is InChI=1S/C18H27N3O2/c1-5-14-8-6-7-9-15(14)10-20-18(19-3)21-11-13(2)16(12-21)17(22)23-4/h6-9,13,16H,5,10-12H2,1-4H3,(H,19,20). The number of benzene rings is 1. The molecule has 1 aliphatic heterocycles. The number of likely N-dealkylation sites (tertiary alicyclic amines) is 1. The number of aliphatic imine (C=N–C) groups is 1. The summed E-state index contributed by atoms with van der Waals surface area (Å²) in [5, 5.41) is 3.42. The monoisotopic (exact) mass is 317 g/mol. The summed E-state index contributed by atoms with van der Waals surface area (Å²) in [6.07, 6.45) is 1.02. The Balaban J connectivity index is 2.00. The molecule has 0 aromatic heterocycles. The molecule has 1 aliphatic rings. The molecule has 0 bridgehead atoms. The molecule has 1 fully saturated rings. The van der Waals surface area contributed by atoms with Crippen LogP contribution >= 0.6 is 0 Å². The number of carbonyl (C=O) groups is 1. The molecule has 1 aromatic rings. The second-order valence-electron chi connectivity index (χ2n) is 6.03. The van der Waals surface area contributed by atoms with E-state index in [0.29, 0.717) is 6.54 Å². The van der Waals surface area contributed by atoms with Gasteiger partial charge in [-0.15, -0.1) is 0 Å². The van der Waals surface area contributed by atoms with E-state index >= 15 is 0 Å². The molecule has 2 rings (SSSR count). The molecular weight excluding hydrogens is 290 g/mol. The Morgan fingerprint density at radius 3 is 2.65 bits per heavy atom. The van der Waals surface area contributed by atoms with Gasteiger partial charge in [-0.25, -0.2) is 0 Å². The van der Waals surface area contributed by atoms with Crippen molar-refractivity contribution in [3.8, 4) is 0 Å². The van der Waals surface area contributed by atoms with Gasteiger partial charge in [-0.2, -0.15) is 0 Å². The molecule has 2 unspecified atom stereocenters. The number of hydrogen-bond donors (Lipinski definition) is 1. The average molecular weight is 317 g/mol. The summed E-state index contributed by atoms with van der Waals surface area (Å²) in [5.74, 6) is 0.895. The number of nitrogens with zero attached hydrogens (tertiary/aromatic N) is 2. The molecule has 1 heterocycles. The lowest BCUT2D eigenvalue weighted by atomic mass is 9.99. The second-order valence-corrected chi connectivity index (χ2v) is 6.03. The lowest BCUT2D eigenvalue weighted by Gasteiger charge is -2.22. The van der Waals surface area contributed by atoms with Gasteiger partial charge in [-0.3, -0.25) is 9.79 Å². The summed E-state index contributed by atoms with van der Waals surface area (Å²) >= 11 is 0. The molecule has 0 radical (unpaired) electrons.